The lowest BCUT2D eigenvalue weighted by atomic mass is 10.1. The maximum atomic E-state index is 4.52. The Balaban J connectivity index is 2.11. The summed E-state index contributed by atoms with van der Waals surface area (Å²) in [5, 5.41) is 3.41. The molecular formula is C9H12BrNS. The zero-order chi connectivity index (χ0) is 8.55. The van der Waals surface area contributed by atoms with Crippen molar-refractivity contribution in [1.29, 1.82) is 0 Å². The number of hydrogen-bond acceptors (Lipinski definition) is 2. The van der Waals surface area contributed by atoms with Gasteiger partial charge < -0.3 is 0 Å². The number of rotatable bonds is 1. The van der Waals surface area contributed by atoms with E-state index in [0.29, 0.717) is 0 Å². The van der Waals surface area contributed by atoms with E-state index < -0.39 is 0 Å². The van der Waals surface area contributed by atoms with Crippen molar-refractivity contribution in [1.82, 2.24) is 4.98 Å². The Morgan fingerprint density at radius 3 is 2.92 bits per heavy atom. The first-order valence-electron chi connectivity index (χ1n) is 4.32. The fraction of sp³-hybridized carbons (Fsp3) is 0.667. The van der Waals surface area contributed by atoms with Crippen LogP contribution in [0.5, 0.6) is 0 Å². The Bertz CT molecular complexity index is 271. The molecule has 66 valence electrons. The number of aryl methyl sites for hydroxylation is 1. The lowest BCUT2D eigenvalue weighted by Crippen LogP contribution is -1.94. The molecule has 1 aromatic rings. The van der Waals surface area contributed by atoms with E-state index in [4.69, 9.17) is 0 Å². The highest BCUT2D eigenvalue weighted by atomic mass is 79.9. The van der Waals surface area contributed by atoms with Crippen LogP contribution in [0.3, 0.4) is 0 Å². The number of aromatic nitrogens is 1. The van der Waals surface area contributed by atoms with Crippen molar-refractivity contribution < 1.29 is 0 Å². The predicted octanol–water partition coefficient (Wildman–Crippen LogP) is 3.48. The minimum absolute atomic E-state index is 0.722. The number of alkyl halides is 1. The van der Waals surface area contributed by atoms with Gasteiger partial charge in [0.2, 0.25) is 0 Å². The van der Waals surface area contributed by atoms with Crippen LogP contribution in [0.25, 0.3) is 0 Å². The van der Waals surface area contributed by atoms with Crippen LogP contribution in [-0.4, -0.2) is 9.81 Å². The van der Waals surface area contributed by atoms with Gasteiger partial charge in [0.1, 0.15) is 0 Å². The second kappa shape index (κ2) is 3.46. The third-order valence-electron chi connectivity index (χ3n) is 2.42. The summed E-state index contributed by atoms with van der Waals surface area (Å²) in [7, 11) is 0. The Hall–Kier alpha value is 0.110. The molecular weight excluding hydrogens is 234 g/mol. The highest BCUT2D eigenvalue weighted by Gasteiger charge is 2.25. The Kier molecular flexibility index (Phi) is 2.51. The van der Waals surface area contributed by atoms with Crippen molar-refractivity contribution >= 4 is 27.3 Å². The molecule has 2 rings (SSSR count). The normalized spacial score (nSPS) is 29.5. The molecule has 1 fully saturated rings. The molecule has 12 heavy (non-hydrogen) atoms. The summed E-state index contributed by atoms with van der Waals surface area (Å²) in [4.78, 5) is 5.25. The van der Waals surface area contributed by atoms with Crippen LogP contribution < -0.4 is 0 Å². The van der Waals surface area contributed by atoms with Crippen molar-refractivity contribution in [2.24, 2.45) is 0 Å². The lowest BCUT2D eigenvalue weighted by molar-refractivity contribution is 0.703. The third-order valence-corrected chi connectivity index (χ3v) is 4.05. The number of nitrogens with zero attached hydrogens (tertiary/aromatic N) is 1. The third kappa shape index (κ3) is 1.72. The van der Waals surface area contributed by atoms with E-state index in [1.54, 1.807) is 11.3 Å². The molecule has 2 unspecified atom stereocenters. The van der Waals surface area contributed by atoms with E-state index in [-0.39, 0.29) is 0 Å². The monoisotopic (exact) mass is 245 g/mol. The van der Waals surface area contributed by atoms with E-state index >= 15 is 0 Å². The van der Waals surface area contributed by atoms with Crippen LogP contribution >= 0.6 is 27.3 Å². The van der Waals surface area contributed by atoms with E-state index in [2.05, 4.69) is 33.2 Å². The molecule has 1 aliphatic carbocycles. The van der Waals surface area contributed by atoms with Gasteiger partial charge in [-0.3, -0.25) is 0 Å². The lowest BCUT2D eigenvalue weighted by Gasteiger charge is -2.03. The van der Waals surface area contributed by atoms with Crippen LogP contribution in [0.15, 0.2) is 5.38 Å². The molecule has 0 radical (unpaired) electrons. The van der Waals surface area contributed by atoms with Gasteiger partial charge >= 0.3 is 0 Å². The molecule has 0 aromatic carbocycles. The minimum atomic E-state index is 0.722. The van der Waals surface area contributed by atoms with Gasteiger partial charge in [-0.25, -0.2) is 4.98 Å². The van der Waals surface area contributed by atoms with E-state index in [1.165, 1.54) is 30.0 Å². The van der Waals surface area contributed by atoms with Crippen LogP contribution in [0.4, 0.5) is 0 Å². The summed E-state index contributed by atoms with van der Waals surface area (Å²) in [6.45, 7) is 2.08. The van der Waals surface area contributed by atoms with Gasteiger partial charge in [-0.2, -0.15) is 0 Å². The van der Waals surface area contributed by atoms with Crippen LogP contribution in [-0.2, 0) is 0 Å². The average Bonchev–Trinajstić information content (AvgIpc) is 2.58. The summed E-state index contributed by atoms with van der Waals surface area (Å²) < 4.78 is 0. The van der Waals surface area contributed by atoms with E-state index in [0.717, 1.165) is 10.7 Å². The van der Waals surface area contributed by atoms with E-state index in [1.807, 2.05) is 0 Å². The quantitative estimate of drug-likeness (QED) is 0.691. The molecule has 2 atom stereocenters. The summed E-state index contributed by atoms with van der Waals surface area (Å²) in [5.74, 6) is 0.722. The standard InChI is InChI=1S/C9H12BrNS/c1-6-11-9(5-12-6)7-2-3-8(10)4-7/h5,7-8H,2-4H2,1H3. The number of halogens is 1. The molecule has 1 heterocycles. The Morgan fingerprint density at radius 2 is 2.42 bits per heavy atom. The molecule has 0 saturated heterocycles. The van der Waals surface area contributed by atoms with Crippen molar-refractivity contribution in [3.8, 4) is 0 Å². The van der Waals surface area contributed by atoms with Crippen molar-refractivity contribution in [3.63, 3.8) is 0 Å². The van der Waals surface area contributed by atoms with Crippen LogP contribution in [0.1, 0.15) is 35.9 Å². The Morgan fingerprint density at radius 1 is 1.58 bits per heavy atom. The maximum absolute atomic E-state index is 4.52. The highest BCUT2D eigenvalue weighted by molar-refractivity contribution is 9.09. The molecule has 0 aliphatic heterocycles. The fourth-order valence-electron chi connectivity index (χ4n) is 1.76. The van der Waals surface area contributed by atoms with Crippen molar-refractivity contribution in [2.75, 3.05) is 0 Å². The van der Waals surface area contributed by atoms with Gasteiger partial charge in [-0.15, -0.1) is 11.3 Å². The minimum Gasteiger partial charge on any atom is -0.246 e. The molecule has 0 amide bonds. The van der Waals surface area contributed by atoms with Crippen LogP contribution in [0.2, 0.25) is 0 Å². The largest absolute Gasteiger partial charge is 0.246 e. The molecule has 0 bridgehead atoms. The van der Waals surface area contributed by atoms with Gasteiger partial charge in [-0.05, 0) is 26.2 Å². The van der Waals surface area contributed by atoms with E-state index in [9.17, 15) is 0 Å². The first-order valence-corrected chi connectivity index (χ1v) is 6.11. The van der Waals surface area contributed by atoms with Crippen LogP contribution in [0, 0.1) is 6.92 Å². The van der Waals surface area contributed by atoms with Gasteiger partial charge in [0.15, 0.2) is 0 Å². The second-order valence-electron chi connectivity index (χ2n) is 3.40. The SMILES string of the molecule is Cc1nc(C2CCC(Br)C2)cs1. The highest BCUT2D eigenvalue weighted by Crippen LogP contribution is 2.37. The molecule has 1 saturated carbocycles. The summed E-state index contributed by atoms with van der Waals surface area (Å²) in [6.07, 6.45) is 3.88. The second-order valence-corrected chi connectivity index (χ2v) is 5.76. The Labute approximate surface area is 85.3 Å². The van der Waals surface area contributed by atoms with Gasteiger partial charge in [0.25, 0.3) is 0 Å². The zero-order valence-corrected chi connectivity index (χ0v) is 9.49. The molecule has 0 spiro atoms. The zero-order valence-electron chi connectivity index (χ0n) is 7.09. The summed E-state index contributed by atoms with van der Waals surface area (Å²) >= 11 is 5.42. The van der Waals surface area contributed by atoms with Gasteiger partial charge in [0.05, 0.1) is 10.7 Å². The molecule has 1 nitrogen and oxygen atoms in total. The van der Waals surface area contributed by atoms with Crippen molar-refractivity contribution in [3.05, 3.63) is 16.1 Å². The number of thiazole rings is 1. The smallest absolute Gasteiger partial charge is 0.0897 e. The predicted molar refractivity (Wildman–Crippen MR) is 56.2 cm³/mol. The number of hydrogen-bond donors (Lipinski definition) is 0. The van der Waals surface area contributed by atoms with Gasteiger partial charge in [0, 0.05) is 16.1 Å². The first-order chi connectivity index (χ1) is 5.75. The molecule has 1 aliphatic rings. The first kappa shape index (κ1) is 8.70. The van der Waals surface area contributed by atoms with Crippen molar-refractivity contribution in [2.45, 2.75) is 36.9 Å². The maximum Gasteiger partial charge on any atom is 0.0897 e. The fourth-order valence-corrected chi connectivity index (χ4v) is 3.17. The molecule has 3 heteroatoms. The van der Waals surface area contributed by atoms with Gasteiger partial charge in [-0.1, -0.05) is 15.9 Å². The topological polar surface area (TPSA) is 12.9 Å². The summed E-state index contributed by atoms with van der Waals surface area (Å²) in [5.41, 5.74) is 1.32. The summed E-state index contributed by atoms with van der Waals surface area (Å²) in [6, 6.07) is 0. The molecule has 1 aromatic heterocycles. The molecule has 0 N–H and O–H groups in total. The average molecular weight is 246 g/mol.